The number of rotatable bonds is 4. The van der Waals surface area contributed by atoms with Gasteiger partial charge in [-0.1, -0.05) is 12.1 Å². The van der Waals surface area contributed by atoms with Crippen LogP contribution in [-0.2, 0) is 9.59 Å². The van der Waals surface area contributed by atoms with Crippen molar-refractivity contribution < 1.29 is 14.3 Å². The van der Waals surface area contributed by atoms with Gasteiger partial charge in [0.15, 0.2) is 0 Å². The molecule has 2 rings (SSSR count). The minimum absolute atomic E-state index is 0.126. The van der Waals surface area contributed by atoms with Crippen LogP contribution in [0.25, 0.3) is 0 Å². The van der Waals surface area contributed by atoms with Crippen molar-refractivity contribution in [3.63, 3.8) is 0 Å². The predicted octanol–water partition coefficient (Wildman–Crippen LogP) is 1.30. The second kappa shape index (κ2) is 6.33. The van der Waals surface area contributed by atoms with Crippen molar-refractivity contribution in [2.45, 2.75) is 12.8 Å². The normalized spacial score (nSPS) is 16.2. The van der Waals surface area contributed by atoms with E-state index in [-0.39, 0.29) is 18.2 Å². The lowest BCUT2D eigenvalue weighted by Crippen LogP contribution is -2.40. The molecule has 1 aliphatic rings. The van der Waals surface area contributed by atoms with E-state index in [1.807, 2.05) is 17.0 Å². The average molecular weight is 262 g/mol. The van der Waals surface area contributed by atoms with E-state index in [0.717, 1.165) is 13.0 Å². The smallest absolute Gasteiger partial charge is 0.238 e. The zero-order chi connectivity index (χ0) is 13.7. The minimum atomic E-state index is -0.126. The van der Waals surface area contributed by atoms with Gasteiger partial charge < -0.3 is 10.1 Å². The number of ketones is 1. The summed E-state index contributed by atoms with van der Waals surface area (Å²) in [5.74, 6) is 0.709. The van der Waals surface area contributed by atoms with Crippen molar-refractivity contribution >= 4 is 17.4 Å². The molecule has 1 saturated heterocycles. The van der Waals surface area contributed by atoms with Gasteiger partial charge in [-0.25, -0.2) is 0 Å². The Hall–Kier alpha value is -1.88. The highest BCUT2D eigenvalue weighted by Crippen LogP contribution is 2.22. The van der Waals surface area contributed by atoms with Gasteiger partial charge in [0, 0.05) is 6.42 Å². The molecule has 0 aliphatic carbocycles. The lowest BCUT2D eigenvalue weighted by molar-refractivity contribution is -0.123. The number of ether oxygens (including phenoxy) is 1. The molecular weight excluding hydrogens is 244 g/mol. The standard InChI is InChI=1S/C14H18N2O3/c1-19-13-7-3-2-6-12(13)15-14(18)10-16-8-4-5-11(17)9-16/h2-3,6-7H,4-5,8-10H2,1H3,(H,15,18). The van der Waals surface area contributed by atoms with Crippen molar-refractivity contribution in [3.05, 3.63) is 24.3 Å². The Morgan fingerprint density at radius 2 is 2.21 bits per heavy atom. The molecule has 1 aromatic rings. The molecule has 0 bridgehead atoms. The van der Waals surface area contributed by atoms with E-state index >= 15 is 0 Å². The molecule has 1 aliphatic heterocycles. The number of hydrogen-bond donors (Lipinski definition) is 1. The second-order valence-electron chi connectivity index (χ2n) is 4.60. The number of Topliss-reactive ketones (excluding diaryl/α,β-unsaturated/α-hetero) is 1. The first kappa shape index (κ1) is 13.5. The monoisotopic (exact) mass is 262 g/mol. The quantitative estimate of drug-likeness (QED) is 0.888. The van der Waals surface area contributed by atoms with Crippen LogP contribution in [0.2, 0.25) is 0 Å². The fourth-order valence-electron chi connectivity index (χ4n) is 2.18. The van der Waals surface area contributed by atoms with Crippen molar-refractivity contribution in [1.29, 1.82) is 0 Å². The molecule has 0 spiro atoms. The molecule has 19 heavy (non-hydrogen) atoms. The lowest BCUT2D eigenvalue weighted by Gasteiger charge is -2.24. The minimum Gasteiger partial charge on any atom is -0.495 e. The van der Waals surface area contributed by atoms with Gasteiger partial charge >= 0.3 is 0 Å². The van der Waals surface area contributed by atoms with Crippen molar-refractivity contribution in [2.24, 2.45) is 0 Å². The molecule has 1 heterocycles. The Balaban J connectivity index is 1.92. The van der Waals surface area contributed by atoms with Crippen LogP contribution in [0.1, 0.15) is 12.8 Å². The predicted molar refractivity (Wildman–Crippen MR) is 72.3 cm³/mol. The number of benzene rings is 1. The highest BCUT2D eigenvalue weighted by molar-refractivity contribution is 5.94. The van der Waals surface area contributed by atoms with Crippen molar-refractivity contribution in [2.75, 3.05) is 32.1 Å². The molecular formula is C14H18N2O3. The van der Waals surface area contributed by atoms with Gasteiger partial charge in [0.1, 0.15) is 11.5 Å². The maximum Gasteiger partial charge on any atom is 0.238 e. The van der Waals surface area contributed by atoms with Crippen LogP contribution < -0.4 is 10.1 Å². The maximum atomic E-state index is 11.9. The third-order valence-electron chi connectivity index (χ3n) is 3.08. The van der Waals surface area contributed by atoms with Crippen LogP contribution in [0.15, 0.2) is 24.3 Å². The van der Waals surface area contributed by atoms with E-state index in [1.54, 1.807) is 19.2 Å². The molecule has 0 aromatic heterocycles. The number of nitrogens with one attached hydrogen (secondary N) is 1. The van der Waals surface area contributed by atoms with Gasteiger partial charge in [-0.15, -0.1) is 0 Å². The molecule has 1 amide bonds. The highest BCUT2D eigenvalue weighted by atomic mass is 16.5. The summed E-state index contributed by atoms with van der Waals surface area (Å²) in [7, 11) is 1.56. The summed E-state index contributed by atoms with van der Waals surface area (Å²) in [6.07, 6.45) is 1.46. The molecule has 0 radical (unpaired) electrons. The number of carbonyl (C=O) groups is 2. The average Bonchev–Trinajstić information content (AvgIpc) is 2.39. The van der Waals surface area contributed by atoms with Gasteiger partial charge in [-0.05, 0) is 25.1 Å². The van der Waals surface area contributed by atoms with Crippen LogP contribution >= 0.6 is 0 Å². The number of carbonyl (C=O) groups excluding carboxylic acids is 2. The van der Waals surface area contributed by atoms with E-state index < -0.39 is 0 Å². The number of amides is 1. The number of nitrogens with zero attached hydrogens (tertiary/aromatic N) is 1. The number of likely N-dealkylation sites (tertiary alicyclic amines) is 1. The van der Waals surface area contributed by atoms with Crippen LogP contribution in [0.4, 0.5) is 5.69 Å². The SMILES string of the molecule is COc1ccccc1NC(=O)CN1CCCC(=O)C1. The molecule has 1 N–H and O–H groups in total. The Morgan fingerprint density at radius 1 is 1.42 bits per heavy atom. The lowest BCUT2D eigenvalue weighted by atomic mass is 10.1. The molecule has 5 heteroatoms. The van der Waals surface area contributed by atoms with Gasteiger partial charge in [0.2, 0.25) is 5.91 Å². The van der Waals surface area contributed by atoms with Crippen LogP contribution in [0, 0.1) is 0 Å². The summed E-state index contributed by atoms with van der Waals surface area (Å²) < 4.78 is 5.17. The van der Waals surface area contributed by atoms with Crippen LogP contribution in [0.5, 0.6) is 5.75 Å². The second-order valence-corrected chi connectivity index (χ2v) is 4.60. The maximum absolute atomic E-state index is 11.9. The van der Waals surface area contributed by atoms with E-state index in [4.69, 9.17) is 4.74 Å². The summed E-state index contributed by atoms with van der Waals surface area (Å²) >= 11 is 0. The Bertz CT molecular complexity index is 474. The molecule has 0 unspecified atom stereocenters. The van der Waals surface area contributed by atoms with Gasteiger partial charge in [-0.2, -0.15) is 0 Å². The van der Waals surface area contributed by atoms with E-state index in [0.29, 0.717) is 24.4 Å². The molecule has 0 atom stereocenters. The number of methoxy groups -OCH3 is 1. The fourth-order valence-corrected chi connectivity index (χ4v) is 2.18. The zero-order valence-corrected chi connectivity index (χ0v) is 11.0. The number of para-hydroxylation sites is 2. The van der Waals surface area contributed by atoms with Crippen molar-refractivity contribution in [3.8, 4) is 5.75 Å². The summed E-state index contributed by atoms with van der Waals surface area (Å²) in [6.45, 7) is 1.41. The van der Waals surface area contributed by atoms with Crippen LogP contribution in [-0.4, -0.2) is 43.3 Å². The summed E-state index contributed by atoms with van der Waals surface area (Å²) in [6, 6.07) is 7.26. The van der Waals surface area contributed by atoms with E-state index in [2.05, 4.69) is 5.32 Å². The first-order chi connectivity index (χ1) is 9.19. The first-order valence-electron chi connectivity index (χ1n) is 6.36. The zero-order valence-electron chi connectivity index (χ0n) is 11.0. The Labute approximate surface area is 112 Å². The molecule has 102 valence electrons. The highest BCUT2D eigenvalue weighted by Gasteiger charge is 2.19. The summed E-state index contributed by atoms with van der Waals surface area (Å²) in [5, 5.41) is 2.81. The van der Waals surface area contributed by atoms with E-state index in [1.165, 1.54) is 0 Å². The molecule has 0 saturated carbocycles. The number of anilines is 1. The number of piperidine rings is 1. The molecule has 5 nitrogen and oxygen atoms in total. The molecule has 1 fully saturated rings. The largest absolute Gasteiger partial charge is 0.495 e. The van der Waals surface area contributed by atoms with Gasteiger partial charge in [0.05, 0.1) is 25.9 Å². The van der Waals surface area contributed by atoms with Crippen molar-refractivity contribution in [1.82, 2.24) is 4.90 Å². The third-order valence-corrected chi connectivity index (χ3v) is 3.08. The van der Waals surface area contributed by atoms with Crippen LogP contribution in [0.3, 0.4) is 0 Å². The fraction of sp³-hybridized carbons (Fsp3) is 0.429. The topological polar surface area (TPSA) is 58.6 Å². The molecule has 1 aromatic carbocycles. The van der Waals surface area contributed by atoms with E-state index in [9.17, 15) is 9.59 Å². The third kappa shape index (κ3) is 3.79. The Morgan fingerprint density at radius 3 is 2.95 bits per heavy atom. The number of hydrogen-bond acceptors (Lipinski definition) is 4. The Kier molecular flexibility index (Phi) is 4.52. The first-order valence-corrected chi connectivity index (χ1v) is 6.36. The summed E-state index contributed by atoms with van der Waals surface area (Å²) in [4.78, 5) is 25.1. The van der Waals surface area contributed by atoms with Gasteiger partial charge in [-0.3, -0.25) is 14.5 Å². The van der Waals surface area contributed by atoms with Gasteiger partial charge in [0.25, 0.3) is 0 Å². The summed E-state index contributed by atoms with van der Waals surface area (Å²) in [5.41, 5.74) is 0.651.